The van der Waals surface area contributed by atoms with E-state index >= 15 is 0 Å². The first-order valence-corrected chi connectivity index (χ1v) is 67.8. The minimum atomic E-state index is -1.32. The molecule has 6 fully saturated rings. The van der Waals surface area contributed by atoms with E-state index in [0.29, 0.717) is 73.0 Å². The van der Waals surface area contributed by atoms with Crippen molar-refractivity contribution in [1.82, 2.24) is 73.3 Å². The monoisotopic (exact) mass is 2300 g/mol. The Morgan fingerprint density at radius 1 is 0.345 bits per heavy atom. The van der Waals surface area contributed by atoms with E-state index in [2.05, 4.69) is 180 Å². The molecule has 0 aliphatic carbocycles. The molecule has 148 heavy (non-hydrogen) atoms. The number of aromatic amines is 5. The number of H-pyrrole nitrogens is 5. The number of ketones is 3. The molecular weight excluding hydrogens is 2150 g/mol. The Morgan fingerprint density at radius 3 is 0.824 bits per heavy atom. The number of carbonyl (C=O) groups is 3. The molecule has 12 rings (SSSR count). The third-order valence-electron chi connectivity index (χ3n) is 24.6. The molecule has 6 unspecified atom stereocenters. The van der Waals surface area contributed by atoms with Crippen molar-refractivity contribution in [1.29, 1.82) is 0 Å². The Kier molecular flexibility index (Phi) is 48.0. The van der Waals surface area contributed by atoms with Crippen LogP contribution in [0, 0.1) is 9.54 Å². The molecule has 45 nitrogen and oxygen atoms in total. The molecule has 24 atom stereocenters. The van der Waals surface area contributed by atoms with Gasteiger partial charge in [0, 0.05) is 98.3 Å². The summed E-state index contributed by atoms with van der Waals surface area (Å²) in [5.41, 5.74) is -3.12. The van der Waals surface area contributed by atoms with Crippen molar-refractivity contribution in [2.45, 2.75) is 245 Å². The molecule has 833 valence electrons. The number of aliphatic hydroxyl groups excluding tert-OH is 11. The van der Waals surface area contributed by atoms with Crippen molar-refractivity contribution < 1.29 is 104 Å². The van der Waals surface area contributed by atoms with Gasteiger partial charge in [-0.15, -0.1) is 65.9 Å². The van der Waals surface area contributed by atoms with E-state index in [0.717, 1.165) is 46.1 Å². The van der Waals surface area contributed by atoms with E-state index < -0.39 is 228 Å². The van der Waals surface area contributed by atoms with E-state index in [9.17, 15) is 114 Å². The topological polar surface area (TPSA) is 649 Å². The second-order valence-corrected chi connectivity index (χ2v) is 69.7. The summed E-state index contributed by atoms with van der Waals surface area (Å²) in [5.74, 6) is -0.597. The molecule has 0 aromatic carbocycles. The third-order valence-corrected chi connectivity index (χ3v) is 34.7. The Morgan fingerprint density at radius 2 is 0.554 bits per heavy atom. The molecule has 6 saturated heterocycles. The number of rotatable bonds is 37. The predicted octanol–water partition coefficient (Wildman–Crippen LogP) is -2.02. The normalized spacial score (nSPS) is 27.0. The van der Waals surface area contributed by atoms with Gasteiger partial charge in [-0.05, 0) is 189 Å². The molecule has 0 bridgehead atoms. The van der Waals surface area contributed by atoms with Gasteiger partial charge >= 0.3 is 167 Å². The van der Waals surface area contributed by atoms with E-state index in [4.69, 9.17) is 57.6 Å². The van der Waals surface area contributed by atoms with Crippen molar-refractivity contribution in [3.63, 3.8) is 0 Å². The summed E-state index contributed by atoms with van der Waals surface area (Å²) in [4.78, 5) is 157. The van der Waals surface area contributed by atoms with Gasteiger partial charge in [0.25, 0.3) is 27.8 Å². The van der Waals surface area contributed by atoms with Gasteiger partial charge in [-0.3, -0.25) is 86.1 Å². The van der Waals surface area contributed by atoms with Crippen molar-refractivity contribution in [2.75, 3.05) is 145 Å². The van der Waals surface area contributed by atoms with Crippen LogP contribution in [0.1, 0.15) is 130 Å². The van der Waals surface area contributed by atoms with Gasteiger partial charge in [0.15, 0.2) is 40.7 Å². The zero-order valence-electron chi connectivity index (χ0n) is 87.5. The number of ether oxygens (including phenoxy) is 7. The molecule has 6 aromatic rings. The number of Topliss-reactive ketones (excluding diaryl/α,β-unsaturated/α-hetero) is 3. The number of aliphatic hydroxyl groups is 11. The van der Waals surface area contributed by atoms with Crippen LogP contribution in [0.4, 0.5) is 0 Å². The number of nitrogens with one attached hydrogen (secondary N) is 8. The van der Waals surface area contributed by atoms with Gasteiger partial charge < -0.3 is 85.0 Å². The van der Waals surface area contributed by atoms with Crippen LogP contribution >= 0.6 is 65.8 Å². The van der Waals surface area contributed by atoms with Crippen LogP contribution in [0.25, 0.3) is 0 Å². The maximum absolute atomic E-state index is 12.3. The molecular formula is C94H154N15O30P6S2Se. The fraction of sp³-hybridized carbons (Fsp3) is 0.649. The first-order valence-electron chi connectivity index (χ1n) is 47.8. The number of hydrogen-bond donors (Lipinski definition) is 19. The summed E-state index contributed by atoms with van der Waals surface area (Å²) in [6.07, 6.45) is 19.9. The average Bonchev–Trinajstić information content (AvgIpc) is 1.66. The summed E-state index contributed by atoms with van der Waals surface area (Å²) < 4.78 is 48.6. The van der Waals surface area contributed by atoms with Crippen LogP contribution in [0.5, 0.6) is 0 Å². The quantitative estimate of drug-likeness (QED) is 0.0114. The minimum absolute atomic E-state index is 0.0417. The Labute approximate surface area is 877 Å². The van der Waals surface area contributed by atoms with Crippen molar-refractivity contribution in [2.24, 2.45) is 0 Å². The van der Waals surface area contributed by atoms with Crippen LogP contribution in [-0.4, -0.2) is 440 Å². The van der Waals surface area contributed by atoms with Gasteiger partial charge in [-0.2, -0.15) is 0 Å². The molecule has 19 N–H and O–H groups in total. The first-order chi connectivity index (χ1) is 68.4. The molecule has 0 amide bonds. The number of nitrogens with zero attached hydrogens (tertiary/aromatic N) is 7. The number of methoxy groups -OCH3 is 1. The van der Waals surface area contributed by atoms with Crippen molar-refractivity contribution in [3.05, 3.63) is 174 Å². The van der Waals surface area contributed by atoms with Crippen molar-refractivity contribution >= 4 is 142 Å². The zero-order chi connectivity index (χ0) is 112. The fourth-order valence-electron chi connectivity index (χ4n) is 16.7. The molecule has 0 saturated carbocycles. The number of hydrogen-bond acceptors (Lipinski definition) is 36. The average molecular weight is 2300 g/mol. The van der Waals surface area contributed by atoms with E-state index in [1.807, 2.05) is 0 Å². The Balaban J connectivity index is 0.000000240. The first kappa shape index (κ1) is 128. The zero-order valence-corrected chi connectivity index (χ0v) is 96.2. The summed E-state index contributed by atoms with van der Waals surface area (Å²) in [5, 5.41) is 122. The molecule has 6 aliphatic heterocycles. The van der Waals surface area contributed by atoms with Gasteiger partial charge in [-0.25, -0.2) is 14.4 Å². The van der Waals surface area contributed by atoms with E-state index in [1.54, 1.807) is 38.1 Å². The van der Waals surface area contributed by atoms with Crippen LogP contribution in [0.2, 0.25) is 0 Å². The second kappa shape index (κ2) is 55.3. The van der Waals surface area contributed by atoms with E-state index in [-0.39, 0.29) is 80.5 Å². The molecule has 0 spiro atoms. The van der Waals surface area contributed by atoms with Crippen molar-refractivity contribution in [3.8, 4) is 0 Å². The number of aromatic nitrogens is 12. The molecule has 6 aliphatic rings. The second-order valence-electron chi connectivity index (χ2n) is 42.3. The fourth-order valence-corrected chi connectivity index (χ4v) is 23.4. The van der Waals surface area contributed by atoms with Gasteiger partial charge in [-0.1, -0.05) is 0 Å². The van der Waals surface area contributed by atoms with Gasteiger partial charge in [0.1, 0.15) is 78.4 Å². The molecule has 12 heterocycles. The van der Waals surface area contributed by atoms with Gasteiger partial charge in [0.05, 0.1) is 30.5 Å². The van der Waals surface area contributed by atoms with Crippen LogP contribution in [-0.2, 0) is 86.4 Å². The predicted molar refractivity (Wildman–Crippen MR) is 594 cm³/mol. The SMILES string of the molecule is C=P(C)(C)CC[C@H]1OC(n2cc(CC(C)=O)c(=O)[nH]c2=O)[C@H](O)[C@@H]1O.C=P(C)(C)CC[C@H]1OC(n2cc(CC(C)=O)c(=O)[nH]c2=O)[C@H](OC)[C@@H]1O.C=P(C)(C)CC[C@H]1OC(n2cc(CC(C)=O)c(=O)[nH]c2=S)[C@H](O)[C@@H]1O.C=P(C)(C)CC[C@H]1OC(n2cc(CNC)c(=O)[nH]c2=O)[C@H](O)[C@@H]1O.C=P(C)(C)CC[C@H]1OC(n2cc(CNC)c(=O)[nH]c2=S)[C@H](O)[C@@H]1O.C=P(C)(C)CC[C@H]1OC(n2cc(CNC)c(=O)nc2[Se])[C@H](O)[C@@H]1O. The third kappa shape index (κ3) is 37.2. The Hall–Kier alpha value is -6.39. The summed E-state index contributed by atoms with van der Waals surface area (Å²) in [6.45, 7) is 22.5. The molecule has 1 radical (unpaired) electrons. The van der Waals surface area contributed by atoms with Crippen LogP contribution in [0.15, 0.2) is 80.3 Å². The Bertz CT molecular complexity index is 6360. The maximum atomic E-state index is 12.3. The molecule has 54 heteroatoms. The summed E-state index contributed by atoms with van der Waals surface area (Å²) in [7, 11) is 6.58. The van der Waals surface area contributed by atoms with Crippen LogP contribution in [0.3, 0.4) is 0 Å². The van der Waals surface area contributed by atoms with E-state index in [1.165, 1.54) is 66.4 Å². The summed E-state index contributed by atoms with van der Waals surface area (Å²) >= 11 is 13.1. The summed E-state index contributed by atoms with van der Waals surface area (Å²) in [6, 6.07) is 0. The standard InChI is InChI=1S/C17H27N2O6P.C16H25N2O6P.C16H25N2O5PS.C15H26N3O5P.C15H26N3O4PS.C15H25N3O4PSe/c1-10(20)8-11-9-19(17(23)18-15(11)22)16-14(24-2)13(21)12(25-16)6-7-26(3,4)5;1-9(19)7-10-8-18(16(23)17-14(10)22)15-13(21)12(20)11(24-15)5-6-25(2,3)4;1-9(19)7-10-8-18(16(25)17-14(10)22)15-13(21)12(20)11(23-15)5-6-24(2,3)4;1-16-7-9-8-18(15(22)17-13(9)21)14-12(20)11(19)10(23-14)5-6-24(2,3)4;2*1-16-7-9-8-18(15(24)17-13(9)21)14-12(20)11(19)10(22-14)5-6-23(2,3)4/h9,12-14,16,21H,3,6-8H2,1-2,4-5H3,(H,18,22,23);8,11-13,15,20-21H,2,5-7H2,1,3-4H3,(H,17,22,23);8,11-13,15,20-21H,2,5-7H2,1,3-4H3,(H,17,22,25);8,10-12,14,16,19-20H,2,5-7H2,1,3-4H3,(H,17,21,22);8,10-12,14,16,19-20H,2,5-7H2,1,3-4H3,(H,17,21,24);8,10-12,14,16,19-20H,2,5-7H2,1,3-4H3/t12-,13-,14-,16?;2*11-,12-,13-,15?;3*10-,11-,12-,14?/m111111/s1. The number of carbonyl (C=O) groups excluding carboxylic acids is 3. The van der Waals surface area contributed by atoms with Crippen LogP contribution < -0.4 is 71.1 Å². The van der Waals surface area contributed by atoms with Gasteiger partial charge in [0.2, 0.25) is 0 Å². The molecule has 6 aromatic heterocycles.